The van der Waals surface area contributed by atoms with Crippen LogP contribution >= 0.6 is 0 Å². The first-order valence-corrected chi connectivity index (χ1v) is 14.0. The lowest BCUT2D eigenvalue weighted by Crippen LogP contribution is -2.57. The summed E-state index contributed by atoms with van der Waals surface area (Å²) < 4.78 is 0. The van der Waals surface area contributed by atoms with Crippen molar-refractivity contribution in [1.82, 2.24) is 5.32 Å². The van der Waals surface area contributed by atoms with Crippen molar-refractivity contribution in [3.8, 4) is 0 Å². The zero-order valence-electron chi connectivity index (χ0n) is 23.0. The Morgan fingerprint density at radius 2 is 1.81 bits per heavy atom. The Kier molecular flexibility index (Phi) is 7.63. The minimum absolute atomic E-state index is 0.0725. The molecule has 0 aromatic rings. The number of aliphatic hydroxyl groups is 1. The first-order valence-electron chi connectivity index (χ1n) is 14.0. The lowest BCUT2D eigenvalue weighted by Gasteiger charge is -2.59. The van der Waals surface area contributed by atoms with Crippen molar-refractivity contribution in [2.24, 2.45) is 39.7 Å². The molecule has 4 rings (SSSR count). The summed E-state index contributed by atoms with van der Waals surface area (Å²) in [5, 5.41) is 27.4. The largest absolute Gasteiger partial charge is 0.480 e. The number of nitrogens with one attached hydrogen (secondary N) is 1. The van der Waals surface area contributed by atoms with Crippen LogP contribution in [0, 0.1) is 34.5 Å². The number of carboxylic acids is 1. The van der Waals surface area contributed by atoms with Crippen molar-refractivity contribution in [1.29, 1.82) is 0 Å². The molecule has 3 fully saturated rings. The van der Waals surface area contributed by atoms with Gasteiger partial charge in [-0.3, -0.25) is 9.59 Å². The fraction of sp³-hybridized carbons (Fsp3) is 0.793. The summed E-state index contributed by atoms with van der Waals surface area (Å²) in [5.41, 5.74) is 0.765. The van der Waals surface area contributed by atoms with E-state index in [1.807, 2.05) is 13.8 Å². The number of carbonyl (C=O) groups is 3. The van der Waals surface area contributed by atoms with Crippen molar-refractivity contribution < 1.29 is 29.4 Å². The molecule has 0 heterocycles. The van der Waals surface area contributed by atoms with Crippen molar-refractivity contribution in [3.05, 3.63) is 11.6 Å². The van der Waals surface area contributed by atoms with Crippen molar-refractivity contribution >= 4 is 23.4 Å². The SMILES string of the molecule is CC(=O)[C@]1(O)CC[C@@H]2[C@H]3CCC4=C/C(=N\OCC(=O)N[C@H](CC(C)C)C(=O)O)CC[C@]4(C)[C@@H]3CC[C@@]21C. The molecular formula is C29H44N2O6. The number of hydrogen-bond donors (Lipinski definition) is 3. The van der Waals surface area contributed by atoms with Gasteiger partial charge in [-0.15, -0.1) is 0 Å². The van der Waals surface area contributed by atoms with Crippen molar-refractivity contribution in [2.45, 2.75) is 104 Å². The molecule has 0 saturated heterocycles. The summed E-state index contributed by atoms with van der Waals surface area (Å²) in [7, 11) is 0. The lowest BCUT2D eigenvalue weighted by atomic mass is 9.46. The van der Waals surface area contributed by atoms with Crippen molar-refractivity contribution in [3.63, 3.8) is 0 Å². The van der Waals surface area contributed by atoms with Gasteiger partial charge in [-0.1, -0.05) is 38.4 Å². The standard InChI is InChI=1S/C29H44N2O6/c1-17(2)14-24(26(34)35)30-25(33)16-37-31-20-8-11-27(4)19(15-20)6-7-21-22(27)9-12-28(5)23(21)10-13-29(28,36)18(3)32/h15,17,21-24,36H,6-14,16H2,1-5H3,(H,30,33)(H,34,35)/b31-20-/t21-,22+,23+,24+,27-,28-,29+/m0/s1. The summed E-state index contributed by atoms with van der Waals surface area (Å²) in [6.45, 7) is 9.58. The van der Waals surface area contributed by atoms with E-state index in [2.05, 4.69) is 30.4 Å². The average Bonchev–Trinajstić information content (AvgIpc) is 3.10. The number of carbonyl (C=O) groups excluding carboxylic acids is 2. The van der Waals surface area contributed by atoms with Gasteiger partial charge >= 0.3 is 5.97 Å². The summed E-state index contributed by atoms with van der Waals surface area (Å²) in [5.74, 6) is -0.0502. The number of oxime groups is 1. The Morgan fingerprint density at radius 3 is 2.46 bits per heavy atom. The molecule has 0 bridgehead atoms. The van der Waals surface area contributed by atoms with Gasteiger partial charge in [0.15, 0.2) is 12.4 Å². The van der Waals surface area contributed by atoms with E-state index in [0.29, 0.717) is 30.6 Å². The van der Waals surface area contributed by atoms with Crippen LogP contribution in [0.15, 0.2) is 16.8 Å². The highest BCUT2D eigenvalue weighted by molar-refractivity contribution is 5.96. The predicted molar refractivity (Wildman–Crippen MR) is 140 cm³/mol. The first kappa shape index (κ1) is 27.8. The first-order chi connectivity index (χ1) is 17.3. The molecule has 4 aliphatic rings. The van der Waals surface area contributed by atoms with E-state index in [4.69, 9.17) is 4.84 Å². The van der Waals surface area contributed by atoms with E-state index < -0.39 is 23.5 Å². The minimum atomic E-state index is -1.19. The molecule has 0 aromatic heterocycles. The summed E-state index contributed by atoms with van der Waals surface area (Å²) in [4.78, 5) is 41.3. The number of ketones is 1. The summed E-state index contributed by atoms with van der Waals surface area (Å²) >= 11 is 0. The number of nitrogens with zero attached hydrogens (tertiary/aromatic N) is 1. The van der Waals surface area contributed by atoms with E-state index in [1.54, 1.807) is 6.92 Å². The number of hydrogen-bond acceptors (Lipinski definition) is 6. The minimum Gasteiger partial charge on any atom is -0.480 e. The summed E-state index contributed by atoms with van der Waals surface area (Å²) in [6.07, 6.45) is 9.66. The molecule has 0 spiro atoms. The number of amides is 1. The van der Waals surface area contributed by atoms with Crippen LogP contribution in [0.25, 0.3) is 0 Å². The Balaban J connectivity index is 1.40. The smallest absolute Gasteiger partial charge is 0.326 e. The molecule has 3 N–H and O–H groups in total. The predicted octanol–water partition coefficient (Wildman–Crippen LogP) is 4.26. The molecule has 7 atom stereocenters. The maximum Gasteiger partial charge on any atom is 0.326 e. The van der Waals surface area contributed by atoms with E-state index >= 15 is 0 Å². The number of aliphatic carboxylic acids is 1. The third kappa shape index (κ3) is 4.86. The van der Waals surface area contributed by atoms with Gasteiger partial charge in [0, 0.05) is 5.41 Å². The Hall–Kier alpha value is -2.22. The topological polar surface area (TPSA) is 125 Å². The molecule has 3 saturated carbocycles. The highest BCUT2D eigenvalue weighted by atomic mass is 16.6. The highest BCUT2D eigenvalue weighted by Gasteiger charge is 2.65. The molecule has 8 heteroatoms. The van der Waals surface area contributed by atoms with Gasteiger partial charge in [0.1, 0.15) is 11.6 Å². The maximum absolute atomic E-state index is 12.4. The number of carboxylic acid groups (broad SMARTS) is 1. The fourth-order valence-corrected chi connectivity index (χ4v) is 8.34. The Labute approximate surface area is 220 Å². The molecule has 0 unspecified atom stereocenters. The molecule has 0 radical (unpaired) electrons. The average molecular weight is 517 g/mol. The van der Waals surface area contributed by atoms with Crippen LogP contribution < -0.4 is 5.32 Å². The number of rotatable bonds is 8. The van der Waals surface area contributed by atoms with E-state index in [9.17, 15) is 24.6 Å². The second-order valence-corrected chi connectivity index (χ2v) is 12.9. The molecule has 4 aliphatic carbocycles. The lowest BCUT2D eigenvalue weighted by molar-refractivity contribution is -0.159. The van der Waals surface area contributed by atoms with E-state index in [0.717, 1.165) is 50.7 Å². The van der Waals surface area contributed by atoms with Crippen LogP contribution in [0.1, 0.15) is 92.4 Å². The van der Waals surface area contributed by atoms with E-state index in [-0.39, 0.29) is 29.1 Å². The molecule has 0 aromatic carbocycles. The normalized spacial score (nSPS) is 38.7. The molecule has 206 valence electrons. The van der Waals surface area contributed by atoms with Gasteiger partial charge in [0.05, 0.1) is 5.71 Å². The monoisotopic (exact) mass is 516 g/mol. The molecule has 0 aliphatic heterocycles. The number of Topliss-reactive ketones (excluding diaryl/α,β-unsaturated/α-hetero) is 1. The molecule has 1 amide bonds. The Morgan fingerprint density at radius 1 is 1.11 bits per heavy atom. The fourth-order valence-electron chi connectivity index (χ4n) is 8.34. The zero-order valence-corrected chi connectivity index (χ0v) is 23.0. The second-order valence-electron chi connectivity index (χ2n) is 12.9. The molecular weight excluding hydrogens is 472 g/mol. The van der Waals surface area contributed by atoms with Gasteiger partial charge in [0.25, 0.3) is 5.91 Å². The van der Waals surface area contributed by atoms with Crippen molar-refractivity contribution in [2.75, 3.05) is 6.61 Å². The maximum atomic E-state index is 12.4. The van der Waals surface area contributed by atoms with Crippen LogP contribution in [-0.4, -0.2) is 51.8 Å². The molecule has 37 heavy (non-hydrogen) atoms. The van der Waals surface area contributed by atoms with E-state index in [1.165, 1.54) is 5.57 Å². The van der Waals surface area contributed by atoms with Crippen LogP contribution in [0.3, 0.4) is 0 Å². The van der Waals surface area contributed by atoms with Gasteiger partial charge in [-0.25, -0.2) is 4.79 Å². The van der Waals surface area contributed by atoms with Gasteiger partial charge in [-0.2, -0.15) is 0 Å². The van der Waals surface area contributed by atoms with Crippen LogP contribution in [0.2, 0.25) is 0 Å². The van der Waals surface area contributed by atoms with Crippen LogP contribution in [0.5, 0.6) is 0 Å². The van der Waals surface area contributed by atoms with Crippen LogP contribution in [0.4, 0.5) is 0 Å². The summed E-state index contributed by atoms with van der Waals surface area (Å²) in [6, 6.07) is -0.930. The van der Waals surface area contributed by atoms with Gasteiger partial charge < -0.3 is 20.4 Å². The number of allylic oxidation sites excluding steroid dienone is 2. The van der Waals surface area contributed by atoms with Gasteiger partial charge in [0.2, 0.25) is 0 Å². The third-order valence-electron chi connectivity index (χ3n) is 10.4. The Bertz CT molecular complexity index is 1000. The zero-order chi connectivity index (χ0) is 27.2. The second kappa shape index (κ2) is 10.2. The number of fused-ring (bicyclic) bond motifs is 5. The van der Waals surface area contributed by atoms with Gasteiger partial charge in [-0.05, 0) is 99.9 Å². The van der Waals surface area contributed by atoms with Crippen LogP contribution in [-0.2, 0) is 19.2 Å². The highest BCUT2D eigenvalue weighted by Crippen LogP contribution is 2.67. The quantitative estimate of drug-likeness (QED) is 0.414. The molecule has 8 nitrogen and oxygen atoms in total. The third-order valence-corrected chi connectivity index (χ3v) is 10.4.